The van der Waals surface area contributed by atoms with E-state index in [-0.39, 0.29) is 5.56 Å². The van der Waals surface area contributed by atoms with E-state index in [1.807, 2.05) is 34.0 Å². The number of alkyl carbamates (subject to hydrolysis) is 1. The molecule has 104 valence electrons. The molecule has 1 heterocycles. The Balaban J connectivity index is 2.55. The van der Waals surface area contributed by atoms with Crippen molar-refractivity contribution in [2.24, 2.45) is 0 Å². The minimum absolute atomic E-state index is 0.249. The third-order valence-electron chi connectivity index (χ3n) is 2.40. The van der Waals surface area contributed by atoms with Crippen LogP contribution < -0.4 is 10.9 Å². The lowest BCUT2D eigenvalue weighted by molar-refractivity contribution is 0.0933. The fraction of sp³-hybridized carbons (Fsp3) is 0.0833. The molecule has 6 nitrogen and oxygen atoms in total. The molecule has 0 unspecified atom stereocenters. The Bertz CT molecular complexity index is 768. The molecule has 0 radical (unpaired) electrons. The SMILES string of the molecule is COC(=O)NC(=O)c1cc2cc(I)cc(I)c2oc1=O. The van der Waals surface area contributed by atoms with Gasteiger partial charge < -0.3 is 9.15 Å². The summed E-state index contributed by atoms with van der Waals surface area (Å²) >= 11 is 4.16. The normalized spacial score (nSPS) is 10.3. The lowest BCUT2D eigenvalue weighted by Gasteiger charge is -2.04. The summed E-state index contributed by atoms with van der Waals surface area (Å²) in [5.41, 5.74) is -0.649. The number of ether oxygens (including phenoxy) is 1. The first kappa shape index (κ1) is 15.2. The van der Waals surface area contributed by atoms with Crippen LogP contribution in [-0.2, 0) is 4.74 Å². The molecule has 1 aromatic heterocycles. The largest absolute Gasteiger partial charge is 0.453 e. The summed E-state index contributed by atoms with van der Waals surface area (Å²) in [6, 6.07) is 5.01. The zero-order chi connectivity index (χ0) is 14.9. The van der Waals surface area contributed by atoms with Crippen LogP contribution in [0, 0.1) is 7.14 Å². The molecule has 8 heteroatoms. The number of benzene rings is 1. The van der Waals surface area contributed by atoms with Crippen LogP contribution in [0.5, 0.6) is 0 Å². The number of carbonyl (C=O) groups excluding carboxylic acids is 2. The maximum atomic E-state index is 11.8. The smallest absolute Gasteiger partial charge is 0.413 e. The molecule has 2 rings (SSSR count). The maximum absolute atomic E-state index is 11.8. The van der Waals surface area contributed by atoms with Crippen molar-refractivity contribution in [1.82, 2.24) is 5.32 Å². The van der Waals surface area contributed by atoms with Crippen LogP contribution in [0.4, 0.5) is 4.79 Å². The molecule has 2 aromatic rings. The van der Waals surface area contributed by atoms with E-state index in [1.54, 1.807) is 6.07 Å². The number of carbonyl (C=O) groups is 2. The molecule has 0 bridgehead atoms. The number of rotatable bonds is 1. The molecule has 0 saturated heterocycles. The van der Waals surface area contributed by atoms with E-state index >= 15 is 0 Å². The molecule has 0 fully saturated rings. The number of imide groups is 1. The van der Waals surface area contributed by atoms with Crippen molar-refractivity contribution < 1.29 is 18.7 Å². The molecule has 0 aliphatic heterocycles. The molecular weight excluding hydrogens is 492 g/mol. The summed E-state index contributed by atoms with van der Waals surface area (Å²) < 4.78 is 11.1. The van der Waals surface area contributed by atoms with Gasteiger partial charge >= 0.3 is 11.7 Å². The van der Waals surface area contributed by atoms with Crippen molar-refractivity contribution in [3.8, 4) is 0 Å². The standard InChI is InChI=1S/C12H7I2NO5/c1-19-12(18)15-10(16)7-3-5-2-6(13)4-8(14)9(5)20-11(7)17/h2-4H,1H3,(H,15,16,18). The van der Waals surface area contributed by atoms with Gasteiger partial charge in [0.2, 0.25) is 0 Å². The predicted molar refractivity (Wildman–Crippen MR) is 87.8 cm³/mol. The van der Waals surface area contributed by atoms with E-state index in [9.17, 15) is 14.4 Å². The number of hydrogen-bond acceptors (Lipinski definition) is 5. The highest BCUT2D eigenvalue weighted by molar-refractivity contribution is 14.1. The second-order valence-electron chi connectivity index (χ2n) is 3.70. The van der Waals surface area contributed by atoms with Crippen LogP contribution >= 0.6 is 45.2 Å². The Hall–Kier alpha value is -1.17. The highest BCUT2D eigenvalue weighted by Crippen LogP contribution is 2.23. The Morgan fingerprint density at radius 3 is 2.60 bits per heavy atom. The maximum Gasteiger partial charge on any atom is 0.413 e. The quantitative estimate of drug-likeness (QED) is 0.482. The van der Waals surface area contributed by atoms with Crippen molar-refractivity contribution in [2.45, 2.75) is 0 Å². The number of fused-ring (bicyclic) bond motifs is 1. The van der Waals surface area contributed by atoms with E-state index < -0.39 is 17.6 Å². The second kappa shape index (κ2) is 6.08. The molecule has 0 atom stereocenters. The van der Waals surface area contributed by atoms with Crippen molar-refractivity contribution >= 4 is 68.2 Å². The highest BCUT2D eigenvalue weighted by atomic mass is 127. The summed E-state index contributed by atoms with van der Waals surface area (Å²) in [6.45, 7) is 0. The van der Waals surface area contributed by atoms with Crippen molar-refractivity contribution in [2.75, 3.05) is 7.11 Å². The molecule has 2 amide bonds. The zero-order valence-electron chi connectivity index (χ0n) is 10.0. The van der Waals surface area contributed by atoms with E-state index in [4.69, 9.17) is 4.42 Å². The molecular formula is C12H7I2NO5. The minimum Gasteiger partial charge on any atom is -0.453 e. The first-order chi connectivity index (χ1) is 9.42. The van der Waals surface area contributed by atoms with E-state index in [2.05, 4.69) is 27.3 Å². The van der Waals surface area contributed by atoms with Crippen molar-refractivity contribution in [3.63, 3.8) is 0 Å². The molecule has 0 spiro atoms. The summed E-state index contributed by atoms with van der Waals surface area (Å²) in [7, 11) is 1.12. The first-order valence-corrected chi connectivity index (χ1v) is 7.40. The topological polar surface area (TPSA) is 85.6 Å². The summed E-state index contributed by atoms with van der Waals surface area (Å²) in [5.74, 6) is -0.860. The highest BCUT2D eigenvalue weighted by Gasteiger charge is 2.17. The van der Waals surface area contributed by atoms with Gasteiger partial charge in [0.15, 0.2) is 5.58 Å². The van der Waals surface area contributed by atoms with Crippen LogP contribution in [0.1, 0.15) is 10.4 Å². The lowest BCUT2D eigenvalue weighted by atomic mass is 10.2. The van der Waals surface area contributed by atoms with Gasteiger partial charge in [-0.1, -0.05) is 0 Å². The van der Waals surface area contributed by atoms with Crippen LogP contribution in [0.3, 0.4) is 0 Å². The Kier molecular flexibility index (Phi) is 4.62. The Labute approximate surface area is 140 Å². The van der Waals surface area contributed by atoms with Gasteiger partial charge in [-0.15, -0.1) is 0 Å². The number of halogens is 2. The van der Waals surface area contributed by atoms with E-state index in [1.165, 1.54) is 6.07 Å². The van der Waals surface area contributed by atoms with Crippen LogP contribution in [0.2, 0.25) is 0 Å². The van der Waals surface area contributed by atoms with Gasteiger partial charge in [0.05, 0.1) is 10.7 Å². The molecule has 0 aliphatic rings. The van der Waals surface area contributed by atoms with Gasteiger partial charge in [-0.25, -0.2) is 9.59 Å². The molecule has 1 N–H and O–H groups in total. The van der Waals surface area contributed by atoms with Crippen molar-refractivity contribution in [3.05, 3.63) is 41.3 Å². The van der Waals surface area contributed by atoms with Gasteiger partial charge in [0.25, 0.3) is 5.91 Å². The van der Waals surface area contributed by atoms with E-state index in [0.717, 1.165) is 14.3 Å². The average molecular weight is 499 g/mol. The minimum atomic E-state index is -0.938. The number of hydrogen-bond donors (Lipinski definition) is 1. The lowest BCUT2D eigenvalue weighted by Crippen LogP contribution is -2.33. The second-order valence-corrected chi connectivity index (χ2v) is 6.11. The fourth-order valence-electron chi connectivity index (χ4n) is 1.53. The molecule has 1 aromatic carbocycles. The third kappa shape index (κ3) is 3.11. The Morgan fingerprint density at radius 2 is 1.95 bits per heavy atom. The summed E-state index contributed by atoms with van der Waals surface area (Å²) in [5, 5.41) is 2.52. The van der Waals surface area contributed by atoms with Gasteiger partial charge in [0.1, 0.15) is 5.56 Å². The fourth-order valence-corrected chi connectivity index (χ4v) is 3.53. The van der Waals surface area contributed by atoms with Gasteiger partial charge in [-0.3, -0.25) is 10.1 Å². The monoisotopic (exact) mass is 499 g/mol. The number of methoxy groups -OCH3 is 1. The van der Waals surface area contributed by atoms with Crippen LogP contribution in [0.25, 0.3) is 11.0 Å². The number of amides is 2. The zero-order valence-corrected chi connectivity index (χ0v) is 14.3. The first-order valence-electron chi connectivity index (χ1n) is 5.24. The molecule has 0 saturated carbocycles. The third-order valence-corrected chi connectivity index (χ3v) is 3.82. The van der Waals surface area contributed by atoms with Crippen LogP contribution in [-0.4, -0.2) is 19.1 Å². The van der Waals surface area contributed by atoms with Crippen molar-refractivity contribution in [1.29, 1.82) is 0 Å². The number of nitrogens with one attached hydrogen (secondary N) is 1. The molecule has 0 aliphatic carbocycles. The summed E-state index contributed by atoms with van der Waals surface area (Å²) in [6.07, 6.45) is -0.938. The predicted octanol–water partition coefficient (Wildman–Crippen LogP) is 2.50. The Morgan fingerprint density at radius 1 is 1.25 bits per heavy atom. The summed E-state index contributed by atoms with van der Waals surface area (Å²) in [4.78, 5) is 34.6. The van der Waals surface area contributed by atoms with Gasteiger partial charge in [-0.05, 0) is 63.4 Å². The van der Waals surface area contributed by atoms with E-state index in [0.29, 0.717) is 11.0 Å². The van der Waals surface area contributed by atoms with Gasteiger partial charge in [-0.2, -0.15) is 0 Å². The van der Waals surface area contributed by atoms with Crippen LogP contribution in [0.15, 0.2) is 27.4 Å². The molecule has 20 heavy (non-hydrogen) atoms. The van der Waals surface area contributed by atoms with Gasteiger partial charge in [0, 0.05) is 8.96 Å². The average Bonchev–Trinajstić information content (AvgIpc) is 2.38.